The van der Waals surface area contributed by atoms with Crippen molar-refractivity contribution in [3.63, 3.8) is 0 Å². The third kappa shape index (κ3) is 6.92. The Balaban J connectivity index is 3.23. The van der Waals surface area contributed by atoms with Gasteiger partial charge in [0.15, 0.2) is 0 Å². The predicted molar refractivity (Wildman–Crippen MR) is 50.2 cm³/mol. The standard InChI is InChI=1S/C10H12O4/c1-3-9(11)13-7-5-6-8-14-10(12)4-2/h1,4H,2,5-8H2. The van der Waals surface area contributed by atoms with Crippen LogP contribution in [-0.4, -0.2) is 25.2 Å². The minimum absolute atomic E-state index is 0.245. The maximum absolute atomic E-state index is 10.5. The highest BCUT2D eigenvalue weighted by atomic mass is 16.5. The summed E-state index contributed by atoms with van der Waals surface area (Å²) >= 11 is 0. The summed E-state index contributed by atoms with van der Waals surface area (Å²) in [7, 11) is 0. The summed E-state index contributed by atoms with van der Waals surface area (Å²) in [5.74, 6) is 0.697. The van der Waals surface area contributed by atoms with Gasteiger partial charge in [-0.05, 0) is 12.8 Å². The van der Waals surface area contributed by atoms with E-state index in [0.29, 0.717) is 19.4 Å². The van der Waals surface area contributed by atoms with Crippen LogP contribution in [0, 0.1) is 12.3 Å². The molecule has 0 aromatic rings. The monoisotopic (exact) mass is 196 g/mol. The second-order valence-corrected chi connectivity index (χ2v) is 2.36. The van der Waals surface area contributed by atoms with E-state index in [1.54, 1.807) is 0 Å². The Labute approximate surface area is 82.9 Å². The van der Waals surface area contributed by atoms with Gasteiger partial charge < -0.3 is 9.47 Å². The highest BCUT2D eigenvalue weighted by Crippen LogP contribution is 1.92. The van der Waals surface area contributed by atoms with Gasteiger partial charge in [-0.3, -0.25) is 0 Å². The lowest BCUT2D eigenvalue weighted by molar-refractivity contribution is -0.139. The summed E-state index contributed by atoms with van der Waals surface area (Å²) in [4.78, 5) is 21.0. The molecule has 0 spiro atoms. The molecule has 0 aliphatic rings. The summed E-state index contributed by atoms with van der Waals surface area (Å²) in [6.45, 7) is 3.78. The van der Waals surface area contributed by atoms with Gasteiger partial charge in [-0.1, -0.05) is 6.58 Å². The smallest absolute Gasteiger partial charge is 0.384 e. The topological polar surface area (TPSA) is 52.6 Å². The van der Waals surface area contributed by atoms with Crippen LogP contribution >= 0.6 is 0 Å². The number of esters is 2. The van der Waals surface area contributed by atoms with E-state index in [0.717, 1.165) is 6.08 Å². The molecule has 0 aliphatic carbocycles. The van der Waals surface area contributed by atoms with Crippen LogP contribution in [-0.2, 0) is 19.1 Å². The van der Waals surface area contributed by atoms with Gasteiger partial charge in [-0.25, -0.2) is 9.59 Å². The molecule has 0 radical (unpaired) electrons. The van der Waals surface area contributed by atoms with Gasteiger partial charge >= 0.3 is 11.9 Å². The van der Waals surface area contributed by atoms with Crippen molar-refractivity contribution in [2.75, 3.05) is 13.2 Å². The van der Waals surface area contributed by atoms with Crippen molar-refractivity contribution in [2.45, 2.75) is 12.8 Å². The molecule has 0 atom stereocenters. The highest BCUT2D eigenvalue weighted by molar-refractivity contribution is 5.87. The van der Waals surface area contributed by atoms with E-state index in [1.165, 1.54) is 0 Å². The molecule has 0 N–H and O–H groups in total. The molecule has 0 rings (SSSR count). The largest absolute Gasteiger partial charge is 0.463 e. The van der Waals surface area contributed by atoms with Gasteiger partial charge in [-0.2, -0.15) is 0 Å². The fourth-order valence-electron chi connectivity index (χ4n) is 0.642. The highest BCUT2D eigenvalue weighted by Gasteiger charge is 1.97. The third-order valence-electron chi connectivity index (χ3n) is 1.30. The van der Waals surface area contributed by atoms with Gasteiger partial charge in [0.05, 0.1) is 13.2 Å². The van der Waals surface area contributed by atoms with Gasteiger partial charge in [0, 0.05) is 12.0 Å². The molecule has 4 heteroatoms. The minimum Gasteiger partial charge on any atom is -0.463 e. The molecule has 0 fully saturated rings. The number of ether oxygens (including phenoxy) is 2. The Bertz CT molecular complexity index is 249. The summed E-state index contributed by atoms with van der Waals surface area (Å²) in [5.41, 5.74) is 0. The Hall–Kier alpha value is -1.76. The first-order chi connectivity index (χ1) is 6.70. The quantitative estimate of drug-likeness (QED) is 0.206. The Morgan fingerprint density at radius 2 is 1.86 bits per heavy atom. The number of carbonyl (C=O) groups excluding carboxylic acids is 2. The van der Waals surface area contributed by atoms with Crippen molar-refractivity contribution in [2.24, 2.45) is 0 Å². The van der Waals surface area contributed by atoms with E-state index in [1.807, 2.05) is 5.92 Å². The summed E-state index contributed by atoms with van der Waals surface area (Å²) in [6, 6.07) is 0. The zero-order valence-electron chi connectivity index (χ0n) is 7.82. The van der Waals surface area contributed by atoms with Gasteiger partial charge in [0.1, 0.15) is 0 Å². The van der Waals surface area contributed by atoms with Crippen LogP contribution in [0.5, 0.6) is 0 Å². The summed E-state index contributed by atoms with van der Waals surface area (Å²) < 4.78 is 9.28. The number of carbonyl (C=O) groups is 2. The molecule has 0 saturated carbocycles. The molecular weight excluding hydrogens is 184 g/mol. The maximum Gasteiger partial charge on any atom is 0.384 e. The number of unbranched alkanes of at least 4 members (excludes halogenated alkanes) is 1. The average molecular weight is 196 g/mol. The molecule has 14 heavy (non-hydrogen) atoms. The lowest BCUT2D eigenvalue weighted by Gasteiger charge is -2.01. The molecule has 0 aromatic carbocycles. The fraction of sp³-hybridized carbons (Fsp3) is 0.400. The summed E-state index contributed by atoms with van der Waals surface area (Å²) in [5, 5.41) is 0. The first-order valence-corrected chi connectivity index (χ1v) is 4.13. The predicted octanol–water partition coefficient (Wildman–Crippen LogP) is 0.672. The van der Waals surface area contributed by atoms with E-state index in [4.69, 9.17) is 6.42 Å². The van der Waals surface area contributed by atoms with Crippen LogP contribution < -0.4 is 0 Å². The number of hydrogen-bond acceptors (Lipinski definition) is 4. The van der Waals surface area contributed by atoms with E-state index in [9.17, 15) is 9.59 Å². The normalized spacial score (nSPS) is 8.50. The first-order valence-electron chi connectivity index (χ1n) is 4.13. The Morgan fingerprint density at radius 1 is 1.29 bits per heavy atom. The minimum atomic E-state index is -0.673. The molecule has 0 bridgehead atoms. The van der Waals surface area contributed by atoms with Crippen molar-refractivity contribution in [1.82, 2.24) is 0 Å². The molecular formula is C10H12O4. The van der Waals surface area contributed by atoms with E-state index >= 15 is 0 Å². The van der Waals surface area contributed by atoms with Crippen molar-refractivity contribution in [1.29, 1.82) is 0 Å². The zero-order chi connectivity index (χ0) is 10.8. The summed E-state index contributed by atoms with van der Waals surface area (Å²) in [6.07, 6.45) is 7.09. The van der Waals surface area contributed by atoms with Crippen LogP contribution in [0.1, 0.15) is 12.8 Å². The number of hydrogen-bond donors (Lipinski definition) is 0. The van der Waals surface area contributed by atoms with Gasteiger partial charge in [0.2, 0.25) is 0 Å². The molecule has 0 aliphatic heterocycles. The van der Waals surface area contributed by atoms with E-state index in [2.05, 4.69) is 16.1 Å². The maximum atomic E-state index is 10.5. The molecule has 76 valence electrons. The van der Waals surface area contributed by atoms with E-state index in [-0.39, 0.29) is 6.61 Å². The van der Waals surface area contributed by atoms with Crippen LogP contribution in [0.2, 0.25) is 0 Å². The zero-order valence-corrected chi connectivity index (χ0v) is 7.82. The molecule has 4 nitrogen and oxygen atoms in total. The first kappa shape index (κ1) is 12.2. The second-order valence-electron chi connectivity index (χ2n) is 2.36. The van der Waals surface area contributed by atoms with Crippen LogP contribution in [0.25, 0.3) is 0 Å². The van der Waals surface area contributed by atoms with Crippen molar-refractivity contribution in [3.8, 4) is 12.3 Å². The molecule has 0 saturated heterocycles. The third-order valence-corrected chi connectivity index (χ3v) is 1.30. The Kier molecular flexibility index (Phi) is 6.88. The molecule has 0 heterocycles. The number of rotatable bonds is 6. The van der Waals surface area contributed by atoms with Crippen LogP contribution in [0.15, 0.2) is 12.7 Å². The van der Waals surface area contributed by atoms with Gasteiger partial charge in [0.25, 0.3) is 0 Å². The van der Waals surface area contributed by atoms with Gasteiger partial charge in [-0.15, -0.1) is 6.42 Å². The lowest BCUT2D eigenvalue weighted by Crippen LogP contribution is -2.05. The number of terminal acetylenes is 1. The van der Waals surface area contributed by atoms with Crippen LogP contribution in [0.4, 0.5) is 0 Å². The van der Waals surface area contributed by atoms with Crippen molar-refractivity contribution < 1.29 is 19.1 Å². The lowest BCUT2D eigenvalue weighted by atomic mass is 10.3. The SMILES string of the molecule is C#CC(=O)OCCCCOC(=O)C=C. The fourth-order valence-corrected chi connectivity index (χ4v) is 0.642. The average Bonchev–Trinajstić information content (AvgIpc) is 2.22. The molecule has 0 unspecified atom stereocenters. The van der Waals surface area contributed by atoms with Crippen molar-refractivity contribution in [3.05, 3.63) is 12.7 Å². The Morgan fingerprint density at radius 3 is 2.36 bits per heavy atom. The van der Waals surface area contributed by atoms with Crippen molar-refractivity contribution >= 4 is 11.9 Å². The molecule has 0 amide bonds. The van der Waals surface area contributed by atoms with E-state index < -0.39 is 11.9 Å². The second kappa shape index (κ2) is 7.87. The van der Waals surface area contributed by atoms with Crippen LogP contribution in [0.3, 0.4) is 0 Å². The molecule has 0 aromatic heterocycles.